The SMILES string of the molecule is NC(=O)C1(N)CCCC1CCN1CCn2ccnc2C1. The highest BCUT2D eigenvalue weighted by atomic mass is 16.1. The lowest BCUT2D eigenvalue weighted by Gasteiger charge is -2.32. The molecule has 1 aromatic rings. The summed E-state index contributed by atoms with van der Waals surface area (Å²) in [5.41, 5.74) is 10.9. The first-order valence-electron chi connectivity index (χ1n) is 7.41. The van der Waals surface area contributed by atoms with Gasteiger partial charge < -0.3 is 16.0 Å². The lowest BCUT2D eigenvalue weighted by atomic mass is 9.85. The number of hydrogen-bond acceptors (Lipinski definition) is 4. The number of primary amides is 1. The van der Waals surface area contributed by atoms with Crippen LogP contribution in [0.5, 0.6) is 0 Å². The number of fused-ring (bicyclic) bond motifs is 1. The van der Waals surface area contributed by atoms with Crippen LogP contribution in [0.3, 0.4) is 0 Å². The van der Waals surface area contributed by atoms with Gasteiger partial charge in [0.1, 0.15) is 5.82 Å². The van der Waals surface area contributed by atoms with Crippen molar-refractivity contribution in [3.8, 4) is 0 Å². The summed E-state index contributed by atoms with van der Waals surface area (Å²) in [6, 6.07) is 0. The van der Waals surface area contributed by atoms with Crippen molar-refractivity contribution in [2.24, 2.45) is 17.4 Å². The third-order valence-corrected chi connectivity index (χ3v) is 4.95. The van der Waals surface area contributed by atoms with E-state index in [1.165, 1.54) is 0 Å². The Morgan fingerprint density at radius 2 is 2.35 bits per heavy atom. The first-order chi connectivity index (χ1) is 9.59. The van der Waals surface area contributed by atoms with E-state index in [2.05, 4.69) is 14.5 Å². The van der Waals surface area contributed by atoms with Crippen molar-refractivity contribution in [3.05, 3.63) is 18.2 Å². The molecule has 0 spiro atoms. The normalized spacial score (nSPS) is 30.4. The van der Waals surface area contributed by atoms with Crippen molar-refractivity contribution in [2.45, 2.75) is 44.3 Å². The monoisotopic (exact) mass is 277 g/mol. The number of nitrogens with two attached hydrogens (primary N) is 2. The van der Waals surface area contributed by atoms with Gasteiger partial charge in [-0.1, -0.05) is 6.42 Å². The third kappa shape index (κ3) is 2.33. The zero-order valence-corrected chi connectivity index (χ0v) is 11.8. The molecule has 2 unspecified atom stereocenters. The van der Waals surface area contributed by atoms with Gasteiger partial charge in [0.15, 0.2) is 0 Å². The summed E-state index contributed by atoms with van der Waals surface area (Å²) in [5, 5.41) is 0. The number of rotatable bonds is 4. The average Bonchev–Trinajstić information content (AvgIpc) is 3.03. The van der Waals surface area contributed by atoms with Gasteiger partial charge in [-0.15, -0.1) is 0 Å². The molecule has 0 aromatic carbocycles. The molecular formula is C14H23N5O. The maximum atomic E-state index is 11.6. The summed E-state index contributed by atoms with van der Waals surface area (Å²) >= 11 is 0. The number of aromatic nitrogens is 2. The van der Waals surface area contributed by atoms with Crippen LogP contribution in [0.2, 0.25) is 0 Å². The van der Waals surface area contributed by atoms with Crippen molar-refractivity contribution < 1.29 is 4.79 Å². The molecule has 2 atom stereocenters. The third-order valence-electron chi connectivity index (χ3n) is 4.95. The first kappa shape index (κ1) is 13.6. The molecule has 20 heavy (non-hydrogen) atoms. The highest BCUT2D eigenvalue weighted by Crippen LogP contribution is 2.36. The molecule has 3 rings (SSSR count). The summed E-state index contributed by atoms with van der Waals surface area (Å²) in [5.74, 6) is 1.01. The molecule has 110 valence electrons. The van der Waals surface area contributed by atoms with E-state index in [-0.39, 0.29) is 11.8 Å². The van der Waals surface area contributed by atoms with Gasteiger partial charge in [-0.2, -0.15) is 0 Å². The Balaban J connectivity index is 1.57. The highest BCUT2D eigenvalue weighted by molar-refractivity contribution is 5.85. The average molecular weight is 277 g/mol. The number of carbonyl (C=O) groups is 1. The number of amides is 1. The van der Waals surface area contributed by atoms with Crippen LogP contribution < -0.4 is 11.5 Å². The predicted octanol–water partition coefficient (Wildman–Crippen LogP) is 0.0717. The van der Waals surface area contributed by atoms with E-state index < -0.39 is 5.54 Å². The number of nitrogens with zero attached hydrogens (tertiary/aromatic N) is 3. The van der Waals surface area contributed by atoms with Gasteiger partial charge in [0.2, 0.25) is 5.91 Å². The molecule has 0 radical (unpaired) electrons. The van der Waals surface area contributed by atoms with Crippen molar-refractivity contribution in [2.75, 3.05) is 13.1 Å². The van der Waals surface area contributed by atoms with Crippen molar-refractivity contribution in [1.82, 2.24) is 14.5 Å². The van der Waals surface area contributed by atoms with Crippen LogP contribution in [0.1, 0.15) is 31.5 Å². The molecule has 6 nitrogen and oxygen atoms in total. The van der Waals surface area contributed by atoms with Gasteiger partial charge in [-0.05, 0) is 31.7 Å². The van der Waals surface area contributed by atoms with Gasteiger partial charge in [-0.25, -0.2) is 4.98 Å². The molecule has 1 aromatic heterocycles. The van der Waals surface area contributed by atoms with Crippen molar-refractivity contribution >= 4 is 5.91 Å². The number of imidazole rings is 1. The van der Waals surface area contributed by atoms with E-state index in [0.29, 0.717) is 0 Å². The zero-order chi connectivity index (χ0) is 14.2. The fourth-order valence-electron chi connectivity index (χ4n) is 3.58. The molecule has 1 aliphatic carbocycles. The topological polar surface area (TPSA) is 90.2 Å². The van der Waals surface area contributed by atoms with Gasteiger partial charge in [0.05, 0.1) is 12.1 Å². The standard InChI is InChI=1S/C14H23N5O/c15-13(20)14(16)4-1-2-11(14)3-6-18-8-9-19-7-5-17-12(19)10-18/h5,7,11H,1-4,6,8-10,16H2,(H2,15,20). The second kappa shape index (κ2) is 5.18. The molecule has 2 aliphatic rings. The summed E-state index contributed by atoms with van der Waals surface area (Å²) in [6.45, 7) is 3.87. The van der Waals surface area contributed by atoms with E-state index in [4.69, 9.17) is 11.5 Å². The fraction of sp³-hybridized carbons (Fsp3) is 0.714. The molecule has 1 aliphatic heterocycles. The minimum absolute atomic E-state index is 0.224. The van der Waals surface area contributed by atoms with Gasteiger partial charge in [-0.3, -0.25) is 9.69 Å². The van der Waals surface area contributed by atoms with E-state index in [1.807, 2.05) is 12.4 Å². The molecular weight excluding hydrogens is 254 g/mol. The molecule has 4 N–H and O–H groups in total. The summed E-state index contributed by atoms with van der Waals surface area (Å²) < 4.78 is 2.20. The second-order valence-corrected chi connectivity index (χ2v) is 6.10. The predicted molar refractivity (Wildman–Crippen MR) is 75.6 cm³/mol. The number of carbonyl (C=O) groups excluding carboxylic acids is 1. The Kier molecular flexibility index (Phi) is 3.52. The summed E-state index contributed by atoms with van der Waals surface area (Å²) in [6.07, 6.45) is 7.59. The molecule has 6 heteroatoms. The fourth-order valence-corrected chi connectivity index (χ4v) is 3.58. The quantitative estimate of drug-likeness (QED) is 0.815. The minimum atomic E-state index is -0.783. The van der Waals surface area contributed by atoms with Crippen LogP contribution in [0.15, 0.2) is 12.4 Å². The van der Waals surface area contributed by atoms with Gasteiger partial charge in [0, 0.05) is 25.5 Å². The highest BCUT2D eigenvalue weighted by Gasteiger charge is 2.44. The Bertz CT molecular complexity index is 500. The molecule has 2 heterocycles. The van der Waals surface area contributed by atoms with E-state index in [1.54, 1.807) is 0 Å². The Hall–Kier alpha value is -1.40. The molecule has 1 amide bonds. The minimum Gasteiger partial charge on any atom is -0.368 e. The van der Waals surface area contributed by atoms with Crippen molar-refractivity contribution in [3.63, 3.8) is 0 Å². The largest absolute Gasteiger partial charge is 0.368 e. The smallest absolute Gasteiger partial charge is 0.237 e. The van der Waals surface area contributed by atoms with Gasteiger partial charge >= 0.3 is 0 Å². The maximum absolute atomic E-state index is 11.6. The van der Waals surface area contributed by atoms with Crippen LogP contribution in [0.25, 0.3) is 0 Å². The lowest BCUT2D eigenvalue weighted by Crippen LogP contribution is -2.55. The van der Waals surface area contributed by atoms with E-state index in [0.717, 1.165) is 57.7 Å². The summed E-state index contributed by atoms with van der Waals surface area (Å²) in [7, 11) is 0. The molecule has 1 fully saturated rings. The Labute approximate surface area is 119 Å². The van der Waals surface area contributed by atoms with Crippen LogP contribution in [0.4, 0.5) is 0 Å². The van der Waals surface area contributed by atoms with Crippen LogP contribution >= 0.6 is 0 Å². The second-order valence-electron chi connectivity index (χ2n) is 6.10. The maximum Gasteiger partial charge on any atom is 0.237 e. The zero-order valence-electron chi connectivity index (χ0n) is 11.8. The summed E-state index contributed by atoms with van der Waals surface area (Å²) in [4.78, 5) is 18.3. The van der Waals surface area contributed by atoms with Crippen LogP contribution in [-0.2, 0) is 17.9 Å². The van der Waals surface area contributed by atoms with Gasteiger partial charge in [0.25, 0.3) is 0 Å². The first-order valence-corrected chi connectivity index (χ1v) is 7.41. The Morgan fingerprint density at radius 3 is 3.15 bits per heavy atom. The van der Waals surface area contributed by atoms with Crippen LogP contribution in [0, 0.1) is 5.92 Å². The lowest BCUT2D eigenvalue weighted by molar-refractivity contribution is -0.124. The Morgan fingerprint density at radius 1 is 1.50 bits per heavy atom. The van der Waals surface area contributed by atoms with E-state index in [9.17, 15) is 4.79 Å². The molecule has 0 bridgehead atoms. The molecule has 1 saturated carbocycles. The van der Waals surface area contributed by atoms with Crippen molar-refractivity contribution in [1.29, 1.82) is 0 Å². The van der Waals surface area contributed by atoms with E-state index >= 15 is 0 Å². The van der Waals surface area contributed by atoms with Crippen LogP contribution in [-0.4, -0.2) is 39.0 Å². The number of hydrogen-bond donors (Lipinski definition) is 2. The molecule has 0 saturated heterocycles.